The van der Waals surface area contributed by atoms with Gasteiger partial charge < -0.3 is 10.1 Å². The number of hydrogen-bond acceptors (Lipinski definition) is 2. The first-order valence-corrected chi connectivity index (χ1v) is 22.5. The molecule has 0 saturated carbocycles. The smallest absolute Gasteiger partial charge is 0.132 e. The van der Waals surface area contributed by atoms with Crippen LogP contribution in [0.25, 0.3) is 33.4 Å². The van der Waals surface area contributed by atoms with Gasteiger partial charge in [-0.15, -0.1) is 0 Å². The van der Waals surface area contributed by atoms with Crippen molar-refractivity contribution in [3.63, 3.8) is 0 Å². The zero-order chi connectivity index (χ0) is 43.2. The van der Waals surface area contributed by atoms with Crippen LogP contribution in [0.1, 0.15) is 80.6 Å². The minimum absolute atomic E-state index is 0.187. The van der Waals surface area contributed by atoms with E-state index in [0.717, 1.165) is 33.8 Å². The minimum atomic E-state index is -0.755. The molecule has 2 nitrogen and oxygen atoms in total. The van der Waals surface area contributed by atoms with Gasteiger partial charge in [0.05, 0.1) is 10.8 Å². The maximum absolute atomic E-state index is 8.13. The molecule has 0 spiro atoms. The molecule has 0 saturated heterocycles. The van der Waals surface area contributed by atoms with E-state index in [9.17, 15) is 0 Å². The van der Waals surface area contributed by atoms with Gasteiger partial charge in [0.15, 0.2) is 0 Å². The monoisotopic (exact) mass is 821 g/mol. The molecule has 12 rings (SSSR count). The number of fused-ring (bicyclic) bond motifs is 8. The van der Waals surface area contributed by atoms with Crippen molar-refractivity contribution < 1.29 is 4.74 Å². The van der Waals surface area contributed by atoms with E-state index in [1.807, 2.05) is 0 Å². The standard InChI is InChI=1S/C62H47NO/c1-40-29-31-46(61(43-18-6-4-7-19-43)53-27-14-11-23-47(53)48-24-12-15-28-54(48)61)37-50(40)42-17-16-22-45(36-42)62(44-20-8-5-9-21-44)56-35-41(33-34-63)30-32-58(56)64-59-39-55-51(38-57(59)62)49-25-10-13-26-52(49)60(55,2)3/h4-32,34-39,63H,33H2,1-3H3. The lowest BCUT2D eigenvalue weighted by molar-refractivity contribution is 0.432. The summed E-state index contributed by atoms with van der Waals surface area (Å²) in [5.74, 6) is 1.72. The van der Waals surface area contributed by atoms with Crippen LogP contribution in [0, 0.1) is 12.3 Å². The molecule has 2 heteroatoms. The van der Waals surface area contributed by atoms with Crippen molar-refractivity contribution in [2.45, 2.75) is 43.4 Å². The quantitative estimate of drug-likeness (QED) is 0.160. The van der Waals surface area contributed by atoms with E-state index >= 15 is 0 Å². The second-order valence-electron chi connectivity index (χ2n) is 18.3. The van der Waals surface area contributed by atoms with Crippen molar-refractivity contribution in [3.8, 4) is 44.9 Å². The molecule has 0 bridgehead atoms. The molecule has 1 heterocycles. The van der Waals surface area contributed by atoms with Crippen LogP contribution in [0.4, 0.5) is 0 Å². The number of aryl methyl sites for hydroxylation is 1. The Hall–Kier alpha value is -7.55. The highest BCUT2D eigenvalue weighted by molar-refractivity contribution is 5.88. The predicted octanol–water partition coefficient (Wildman–Crippen LogP) is 15.0. The molecule has 306 valence electrons. The Balaban J connectivity index is 1.13. The van der Waals surface area contributed by atoms with Crippen molar-refractivity contribution >= 4 is 6.21 Å². The van der Waals surface area contributed by atoms with Gasteiger partial charge in [-0.2, -0.15) is 0 Å². The largest absolute Gasteiger partial charge is 0.457 e. The molecular formula is C62H47NO. The molecule has 9 aromatic carbocycles. The van der Waals surface area contributed by atoms with Crippen LogP contribution >= 0.6 is 0 Å². The van der Waals surface area contributed by atoms with Gasteiger partial charge in [-0.25, -0.2) is 0 Å². The average Bonchev–Trinajstić information content (AvgIpc) is 3.76. The number of ether oxygens (including phenoxy) is 1. The fraction of sp³-hybridized carbons (Fsp3) is 0.113. The van der Waals surface area contributed by atoms with E-state index in [1.54, 1.807) is 0 Å². The molecule has 1 atom stereocenters. The molecule has 1 N–H and O–H groups in total. The maximum atomic E-state index is 8.13. The number of rotatable bonds is 7. The van der Waals surface area contributed by atoms with E-state index in [2.05, 4.69) is 227 Å². The lowest BCUT2D eigenvalue weighted by Crippen LogP contribution is -2.34. The summed E-state index contributed by atoms with van der Waals surface area (Å²) < 4.78 is 7.09. The summed E-state index contributed by atoms with van der Waals surface area (Å²) in [7, 11) is 0. The zero-order valence-corrected chi connectivity index (χ0v) is 36.3. The molecule has 64 heavy (non-hydrogen) atoms. The van der Waals surface area contributed by atoms with Crippen LogP contribution < -0.4 is 4.74 Å². The van der Waals surface area contributed by atoms with Gasteiger partial charge in [0.25, 0.3) is 0 Å². The average molecular weight is 822 g/mol. The number of hydrogen-bond donors (Lipinski definition) is 1. The molecule has 1 aliphatic heterocycles. The number of benzene rings is 9. The summed E-state index contributed by atoms with van der Waals surface area (Å²) >= 11 is 0. The highest BCUT2D eigenvalue weighted by atomic mass is 16.5. The van der Waals surface area contributed by atoms with Crippen molar-refractivity contribution in [2.75, 3.05) is 0 Å². The van der Waals surface area contributed by atoms with Crippen LogP contribution in [0.15, 0.2) is 206 Å². The summed E-state index contributed by atoms with van der Waals surface area (Å²) in [6, 6.07) is 76.6. The third kappa shape index (κ3) is 5.23. The normalized spacial score (nSPS) is 16.6. The first-order valence-electron chi connectivity index (χ1n) is 22.5. The van der Waals surface area contributed by atoms with E-state index in [1.165, 1.54) is 84.1 Å². The highest BCUT2D eigenvalue weighted by Crippen LogP contribution is 2.61. The van der Waals surface area contributed by atoms with Crippen LogP contribution in [0.3, 0.4) is 0 Å². The Bertz CT molecular complexity index is 3300. The van der Waals surface area contributed by atoms with Gasteiger partial charge >= 0.3 is 0 Å². The molecule has 9 aromatic rings. The van der Waals surface area contributed by atoms with Crippen molar-refractivity contribution in [3.05, 3.63) is 273 Å². The molecule has 0 aromatic heterocycles. The van der Waals surface area contributed by atoms with Gasteiger partial charge in [0.1, 0.15) is 11.5 Å². The van der Waals surface area contributed by atoms with Gasteiger partial charge in [-0.1, -0.05) is 190 Å². The van der Waals surface area contributed by atoms with Crippen molar-refractivity contribution in [1.82, 2.24) is 0 Å². The van der Waals surface area contributed by atoms with Gasteiger partial charge in [-0.3, -0.25) is 0 Å². The fourth-order valence-electron chi connectivity index (χ4n) is 11.8. The third-order valence-corrected chi connectivity index (χ3v) is 14.7. The topological polar surface area (TPSA) is 33.1 Å². The predicted molar refractivity (Wildman–Crippen MR) is 262 cm³/mol. The Labute approximate surface area is 376 Å². The van der Waals surface area contributed by atoms with Crippen molar-refractivity contribution in [1.29, 1.82) is 5.41 Å². The summed E-state index contributed by atoms with van der Waals surface area (Å²) in [6.45, 7) is 6.91. The fourth-order valence-corrected chi connectivity index (χ4v) is 11.8. The summed E-state index contributed by atoms with van der Waals surface area (Å²) in [6.07, 6.45) is 2.04. The van der Waals surface area contributed by atoms with Gasteiger partial charge in [-0.05, 0) is 132 Å². The molecular weight excluding hydrogens is 775 g/mol. The van der Waals surface area contributed by atoms with E-state index < -0.39 is 10.8 Å². The summed E-state index contributed by atoms with van der Waals surface area (Å²) in [4.78, 5) is 0. The van der Waals surface area contributed by atoms with Crippen LogP contribution in [-0.2, 0) is 22.7 Å². The summed E-state index contributed by atoms with van der Waals surface area (Å²) in [5.41, 5.74) is 20.6. The van der Waals surface area contributed by atoms with Gasteiger partial charge in [0, 0.05) is 23.0 Å². The minimum Gasteiger partial charge on any atom is -0.457 e. The summed E-state index contributed by atoms with van der Waals surface area (Å²) in [5, 5.41) is 8.13. The first-order chi connectivity index (χ1) is 31.3. The van der Waals surface area contributed by atoms with Crippen LogP contribution in [0.5, 0.6) is 11.5 Å². The zero-order valence-electron chi connectivity index (χ0n) is 36.3. The molecule has 2 aliphatic carbocycles. The van der Waals surface area contributed by atoms with E-state index in [-0.39, 0.29) is 5.41 Å². The van der Waals surface area contributed by atoms with E-state index in [0.29, 0.717) is 6.42 Å². The first kappa shape index (κ1) is 38.2. The second kappa shape index (κ2) is 14.2. The third-order valence-electron chi connectivity index (χ3n) is 14.7. The molecule has 0 fully saturated rings. The molecule has 0 radical (unpaired) electrons. The lowest BCUT2D eigenvalue weighted by Gasteiger charge is -2.42. The Morgan fingerprint density at radius 1 is 0.406 bits per heavy atom. The van der Waals surface area contributed by atoms with Crippen LogP contribution in [-0.4, -0.2) is 6.21 Å². The molecule has 0 amide bonds. The lowest BCUT2D eigenvalue weighted by atomic mass is 9.62. The maximum Gasteiger partial charge on any atom is 0.132 e. The Kier molecular flexibility index (Phi) is 8.49. The van der Waals surface area contributed by atoms with E-state index in [4.69, 9.17) is 10.1 Å². The molecule has 3 aliphatic rings. The highest BCUT2D eigenvalue weighted by Gasteiger charge is 2.49. The second-order valence-corrected chi connectivity index (χ2v) is 18.3. The van der Waals surface area contributed by atoms with Crippen molar-refractivity contribution in [2.24, 2.45) is 0 Å². The van der Waals surface area contributed by atoms with Gasteiger partial charge in [0.2, 0.25) is 0 Å². The Morgan fingerprint density at radius 2 is 0.953 bits per heavy atom. The van der Waals surface area contributed by atoms with Crippen LogP contribution in [0.2, 0.25) is 0 Å². The molecule has 1 unspecified atom stereocenters. The Morgan fingerprint density at radius 3 is 1.61 bits per heavy atom. The number of nitrogens with one attached hydrogen (secondary N) is 1. The SMILES string of the molecule is Cc1ccc(C2(c3ccccc3)c3ccccc3-c3ccccc32)cc1-c1cccc(C2(c3ccccc3)c3cc(CC=N)ccc3Oc3cc4c(cc32)-c2ccccc2C4(C)C)c1.